The molecule has 0 saturated carbocycles. The van der Waals surface area contributed by atoms with E-state index >= 15 is 0 Å². The van der Waals surface area contributed by atoms with Gasteiger partial charge in [0.1, 0.15) is 0 Å². The van der Waals surface area contributed by atoms with Gasteiger partial charge in [-0.3, -0.25) is 14.6 Å². The molecule has 10 nitrogen and oxygen atoms in total. The number of piperazine rings is 1. The van der Waals surface area contributed by atoms with E-state index in [0.29, 0.717) is 43.0 Å². The van der Waals surface area contributed by atoms with Crippen molar-refractivity contribution >= 4 is 29.3 Å². The lowest BCUT2D eigenvalue weighted by molar-refractivity contribution is -0.137. The van der Waals surface area contributed by atoms with Gasteiger partial charge in [-0.1, -0.05) is 6.07 Å². The number of carboxylic acid groups (broad SMARTS) is 1. The average Bonchev–Trinajstić information content (AvgIpc) is 2.78. The summed E-state index contributed by atoms with van der Waals surface area (Å²) >= 11 is 0. The number of ether oxygens (including phenoxy) is 1. The van der Waals surface area contributed by atoms with Crippen LogP contribution in [0.3, 0.4) is 0 Å². The predicted octanol–water partition coefficient (Wildman–Crippen LogP) is 1.50. The molecule has 2 amide bonds. The van der Waals surface area contributed by atoms with E-state index in [1.54, 1.807) is 41.4 Å². The summed E-state index contributed by atoms with van der Waals surface area (Å²) in [6, 6.07) is 7.66. The number of nitrogens with one attached hydrogen (secondary N) is 1. The molecule has 10 heteroatoms. The van der Waals surface area contributed by atoms with Gasteiger partial charge in [0.2, 0.25) is 0 Å². The second-order valence-electron chi connectivity index (χ2n) is 7.13. The van der Waals surface area contributed by atoms with Crippen LogP contribution in [0.1, 0.15) is 28.4 Å². The van der Waals surface area contributed by atoms with Crippen LogP contribution in [0, 0.1) is 0 Å². The third kappa shape index (κ3) is 5.41. The van der Waals surface area contributed by atoms with Crippen molar-refractivity contribution in [2.75, 3.05) is 43.9 Å². The van der Waals surface area contributed by atoms with E-state index in [0.717, 1.165) is 5.69 Å². The van der Waals surface area contributed by atoms with Gasteiger partial charge in [-0.05, 0) is 29.8 Å². The van der Waals surface area contributed by atoms with E-state index < -0.39 is 17.9 Å². The first kappa shape index (κ1) is 21.9. The van der Waals surface area contributed by atoms with E-state index in [9.17, 15) is 19.5 Å². The maximum Gasteiger partial charge on any atom is 0.409 e. The van der Waals surface area contributed by atoms with Gasteiger partial charge in [0.05, 0.1) is 30.9 Å². The van der Waals surface area contributed by atoms with Gasteiger partial charge >= 0.3 is 12.1 Å². The zero-order chi connectivity index (χ0) is 22.4. The minimum absolute atomic E-state index is 0.268. The van der Waals surface area contributed by atoms with Crippen molar-refractivity contribution in [3.05, 3.63) is 53.9 Å². The third-order valence-electron chi connectivity index (χ3n) is 5.11. The first-order chi connectivity index (χ1) is 14.9. The number of nitrogens with zero attached hydrogens (tertiary/aromatic N) is 3. The maximum atomic E-state index is 12.7. The Morgan fingerprint density at radius 3 is 2.55 bits per heavy atom. The Bertz CT molecular complexity index is 944. The summed E-state index contributed by atoms with van der Waals surface area (Å²) < 4.78 is 4.74. The summed E-state index contributed by atoms with van der Waals surface area (Å²) in [5.41, 5.74) is 8.33. The molecule has 1 aromatic heterocycles. The quantitative estimate of drug-likeness (QED) is 0.590. The molecular weight excluding hydrogens is 402 g/mol. The third-order valence-corrected chi connectivity index (χ3v) is 5.11. The van der Waals surface area contributed by atoms with E-state index in [1.807, 2.05) is 4.90 Å². The summed E-state index contributed by atoms with van der Waals surface area (Å²) in [4.78, 5) is 43.3. The minimum atomic E-state index is -1.03. The molecule has 1 unspecified atom stereocenters. The Morgan fingerprint density at radius 2 is 1.97 bits per heavy atom. The number of pyridine rings is 1. The Labute approximate surface area is 179 Å². The summed E-state index contributed by atoms with van der Waals surface area (Å²) in [6.45, 7) is 2.20. The molecule has 1 aromatic carbocycles. The van der Waals surface area contributed by atoms with Gasteiger partial charge in [-0.25, -0.2) is 4.79 Å². The number of nitrogen functional groups attached to an aromatic ring is 1. The van der Waals surface area contributed by atoms with Crippen LogP contribution in [-0.4, -0.2) is 66.2 Å². The summed E-state index contributed by atoms with van der Waals surface area (Å²) in [5.74, 6) is -1.46. The smallest absolute Gasteiger partial charge is 0.409 e. The number of benzene rings is 1. The molecule has 0 bridgehead atoms. The van der Waals surface area contributed by atoms with Crippen LogP contribution in [0.2, 0.25) is 0 Å². The van der Waals surface area contributed by atoms with Crippen LogP contribution in [0.4, 0.5) is 16.2 Å². The summed E-state index contributed by atoms with van der Waals surface area (Å²) in [5, 5.41) is 11.9. The number of anilines is 2. The van der Waals surface area contributed by atoms with Crippen LogP contribution in [0.5, 0.6) is 0 Å². The molecule has 4 N–H and O–H groups in total. The van der Waals surface area contributed by atoms with Gasteiger partial charge in [-0.2, -0.15) is 0 Å². The fraction of sp³-hybridized carbons (Fsp3) is 0.333. The molecule has 164 valence electrons. The second-order valence-corrected chi connectivity index (χ2v) is 7.13. The fourth-order valence-corrected chi connectivity index (χ4v) is 3.49. The number of carboxylic acids is 1. The number of amides is 2. The molecule has 1 saturated heterocycles. The highest BCUT2D eigenvalue weighted by molar-refractivity contribution is 5.96. The number of carbonyl (C=O) groups is 3. The molecule has 1 atom stereocenters. The van der Waals surface area contributed by atoms with E-state index in [1.165, 1.54) is 13.3 Å². The Hall–Kier alpha value is -3.82. The molecule has 1 aliphatic rings. The maximum absolute atomic E-state index is 12.7. The number of methoxy groups -OCH3 is 1. The first-order valence-electron chi connectivity index (χ1n) is 9.79. The topological polar surface area (TPSA) is 138 Å². The molecule has 2 aromatic rings. The second kappa shape index (κ2) is 9.79. The predicted molar refractivity (Wildman–Crippen MR) is 114 cm³/mol. The molecule has 31 heavy (non-hydrogen) atoms. The van der Waals surface area contributed by atoms with E-state index in [-0.39, 0.29) is 12.5 Å². The van der Waals surface area contributed by atoms with Crippen molar-refractivity contribution in [1.29, 1.82) is 0 Å². The highest BCUT2D eigenvalue weighted by atomic mass is 16.5. The van der Waals surface area contributed by atoms with Gasteiger partial charge < -0.3 is 30.7 Å². The van der Waals surface area contributed by atoms with Crippen LogP contribution in [0.25, 0.3) is 0 Å². The Morgan fingerprint density at radius 1 is 1.23 bits per heavy atom. The molecule has 3 rings (SSSR count). The zero-order valence-corrected chi connectivity index (χ0v) is 17.2. The average molecular weight is 427 g/mol. The van der Waals surface area contributed by atoms with E-state index in [4.69, 9.17) is 10.5 Å². The molecule has 1 aliphatic heterocycles. The Balaban J connectivity index is 1.69. The number of rotatable bonds is 6. The normalized spacial score (nSPS) is 14.6. The highest BCUT2D eigenvalue weighted by Gasteiger charge is 2.24. The van der Waals surface area contributed by atoms with Crippen molar-refractivity contribution in [2.45, 2.75) is 12.5 Å². The number of aromatic nitrogens is 1. The zero-order valence-electron chi connectivity index (χ0n) is 17.2. The number of hydrogen-bond donors (Lipinski definition) is 3. The van der Waals surface area contributed by atoms with Crippen molar-refractivity contribution in [1.82, 2.24) is 15.2 Å². The lowest BCUT2D eigenvalue weighted by atomic mass is 10.0. The SMILES string of the molecule is COC(=O)N1CCN(c2ccc(C(=O)NC(CC(=O)O)c3cccnc3)cc2N)CC1. The molecule has 0 spiro atoms. The van der Waals surface area contributed by atoms with Crippen molar-refractivity contribution in [2.24, 2.45) is 0 Å². The largest absolute Gasteiger partial charge is 0.481 e. The van der Waals surface area contributed by atoms with Gasteiger partial charge in [0.15, 0.2) is 0 Å². The van der Waals surface area contributed by atoms with Gasteiger partial charge in [-0.15, -0.1) is 0 Å². The molecule has 2 heterocycles. The van der Waals surface area contributed by atoms with Crippen molar-refractivity contribution in [3.8, 4) is 0 Å². The van der Waals surface area contributed by atoms with Crippen molar-refractivity contribution in [3.63, 3.8) is 0 Å². The number of hydrogen-bond acceptors (Lipinski definition) is 7. The van der Waals surface area contributed by atoms with Gasteiger partial charge in [0, 0.05) is 44.1 Å². The first-order valence-corrected chi connectivity index (χ1v) is 9.79. The summed E-state index contributed by atoms with van der Waals surface area (Å²) in [7, 11) is 1.35. The standard InChI is InChI=1S/C21H25N5O5/c1-31-21(30)26-9-7-25(8-10-26)18-5-4-14(11-16(18)22)20(29)24-17(12-19(27)28)15-3-2-6-23-13-15/h2-6,11,13,17H,7-10,12,22H2,1H3,(H,24,29)(H,27,28). The number of carbonyl (C=O) groups excluding carboxylic acids is 2. The fourth-order valence-electron chi connectivity index (χ4n) is 3.49. The van der Waals surface area contributed by atoms with Crippen LogP contribution >= 0.6 is 0 Å². The molecule has 0 radical (unpaired) electrons. The Kier molecular flexibility index (Phi) is 6.91. The van der Waals surface area contributed by atoms with Crippen LogP contribution in [0.15, 0.2) is 42.7 Å². The lowest BCUT2D eigenvalue weighted by Crippen LogP contribution is -2.48. The monoisotopic (exact) mass is 427 g/mol. The summed E-state index contributed by atoms with van der Waals surface area (Å²) in [6.07, 6.45) is 2.48. The molecular formula is C21H25N5O5. The van der Waals surface area contributed by atoms with Crippen LogP contribution < -0.4 is 16.0 Å². The molecule has 1 fully saturated rings. The van der Waals surface area contributed by atoms with Crippen molar-refractivity contribution < 1.29 is 24.2 Å². The molecule has 0 aliphatic carbocycles. The highest BCUT2D eigenvalue weighted by Crippen LogP contribution is 2.26. The number of nitrogens with two attached hydrogens (primary N) is 1. The van der Waals surface area contributed by atoms with E-state index in [2.05, 4.69) is 10.3 Å². The lowest BCUT2D eigenvalue weighted by Gasteiger charge is -2.35. The van der Waals surface area contributed by atoms with Crippen LogP contribution in [-0.2, 0) is 9.53 Å². The van der Waals surface area contributed by atoms with Gasteiger partial charge in [0.25, 0.3) is 5.91 Å². The number of aliphatic carboxylic acids is 1. The minimum Gasteiger partial charge on any atom is -0.481 e.